The Morgan fingerprint density at radius 2 is 2.12 bits per heavy atom. The number of carboxylic acid groups (broad SMARTS) is 1. The molecule has 0 bridgehead atoms. The Morgan fingerprint density at radius 1 is 1.41 bits per heavy atom. The summed E-state index contributed by atoms with van der Waals surface area (Å²) in [6.07, 6.45) is 2.19. The predicted octanol–water partition coefficient (Wildman–Crippen LogP) is 2.32. The highest BCUT2D eigenvalue weighted by Gasteiger charge is 2.23. The van der Waals surface area contributed by atoms with Crippen LogP contribution >= 0.6 is 11.3 Å². The maximum Gasteiger partial charge on any atom is 0.345 e. The van der Waals surface area contributed by atoms with Gasteiger partial charge in [0.1, 0.15) is 4.88 Å². The van der Waals surface area contributed by atoms with Gasteiger partial charge in [-0.15, -0.1) is 11.3 Å². The summed E-state index contributed by atoms with van der Waals surface area (Å²) in [7, 11) is 0. The average molecular weight is 253 g/mol. The normalized spacial score (nSPS) is 20.3. The number of nitrogens with zero attached hydrogens (tertiary/aromatic N) is 1. The fourth-order valence-corrected chi connectivity index (χ4v) is 2.91. The monoisotopic (exact) mass is 253 g/mol. The van der Waals surface area contributed by atoms with Crippen molar-refractivity contribution >= 4 is 23.2 Å². The number of likely N-dealkylation sites (tertiary alicyclic amines) is 1. The molecule has 92 valence electrons. The Kier molecular flexibility index (Phi) is 3.47. The summed E-state index contributed by atoms with van der Waals surface area (Å²) in [5, 5.41) is 8.82. The molecule has 0 aliphatic carbocycles. The van der Waals surface area contributed by atoms with Gasteiger partial charge in [0, 0.05) is 13.1 Å². The van der Waals surface area contributed by atoms with E-state index in [2.05, 4.69) is 6.92 Å². The van der Waals surface area contributed by atoms with Crippen LogP contribution in [-0.4, -0.2) is 35.0 Å². The van der Waals surface area contributed by atoms with E-state index in [-0.39, 0.29) is 10.8 Å². The van der Waals surface area contributed by atoms with Crippen LogP contribution in [0.15, 0.2) is 12.1 Å². The summed E-state index contributed by atoms with van der Waals surface area (Å²) in [5.41, 5.74) is 0. The van der Waals surface area contributed by atoms with Gasteiger partial charge in [-0.3, -0.25) is 4.79 Å². The minimum atomic E-state index is -0.971. The largest absolute Gasteiger partial charge is 0.477 e. The van der Waals surface area contributed by atoms with E-state index in [0.29, 0.717) is 10.8 Å². The van der Waals surface area contributed by atoms with Gasteiger partial charge in [-0.25, -0.2) is 4.79 Å². The number of piperidine rings is 1. The summed E-state index contributed by atoms with van der Waals surface area (Å²) in [5.74, 6) is -0.471. The second-order valence-electron chi connectivity index (χ2n) is 4.47. The number of hydrogen-bond acceptors (Lipinski definition) is 3. The molecule has 0 radical (unpaired) electrons. The maximum absolute atomic E-state index is 12.1. The van der Waals surface area contributed by atoms with Gasteiger partial charge < -0.3 is 10.0 Å². The van der Waals surface area contributed by atoms with Crippen molar-refractivity contribution in [2.24, 2.45) is 5.92 Å². The number of thiophene rings is 1. The molecule has 1 amide bonds. The third kappa shape index (κ3) is 2.66. The van der Waals surface area contributed by atoms with Crippen LogP contribution < -0.4 is 0 Å². The Balaban J connectivity index is 2.10. The first-order valence-corrected chi connectivity index (χ1v) is 6.52. The van der Waals surface area contributed by atoms with Crippen molar-refractivity contribution in [1.82, 2.24) is 4.90 Å². The topological polar surface area (TPSA) is 57.6 Å². The van der Waals surface area contributed by atoms with E-state index in [9.17, 15) is 9.59 Å². The van der Waals surface area contributed by atoms with E-state index in [1.807, 2.05) is 4.90 Å². The van der Waals surface area contributed by atoms with Gasteiger partial charge in [0.2, 0.25) is 0 Å². The van der Waals surface area contributed by atoms with Crippen molar-refractivity contribution in [2.75, 3.05) is 13.1 Å². The molecule has 0 saturated carbocycles. The highest BCUT2D eigenvalue weighted by Crippen LogP contribution is 2.22. The zero-order valence-electron chi connectivity index (χ0n) is 9.68. The molecule has 1 N–H and O–H groups in total. The zero-order chi connectivity index (χ0) is 12.4. The van der Waals surface area contributed by atoms with E-state index in [0.717, 1.165) is 37.3 Å². The van der Waals surface area contributed by atoms with Gasteiger partial charge >= 0.3 is 5.97 Å². The third-order valence-electron chi connectivity index (χ3n) is 2.97. The van der Waals surface area contributed by atoms with Crippen molar-refractivity contribution in [2.45, 2.75) is 19.8 Å². The summed E-state index contributed by atoms with van der Waals surface area (Å²) in [6, 6.07) is 3.10. The van der Waals surface area contributed by atoms with Crippen LogP contribution in [0.1, 0.15) is 39.1 Å². The molecule has 1 aromatic heterocycles. The first-order chi connectivity index (χ1) is 8.08. The van der Waals surface area contributed by atoms with Crippen molar-refractivity contribution < 1.29 is 14.7 Å². The number of carbonyl (C=O) groups is 2. The number of hydrogen-bond donors (Lipinski definition) is 1. The second kappa shape index (κ2) is 4.87. The molecule has 1 aliphatic rings. The van der Waals surface area contributed by atoms with Crippen LogP contribution in [0.25, 0.3) is 0 Å². The zero-order valence-corrected chi connectivity index (χ0v) is 10.5. The lowest BCUT2D eigenvalue weighted by Crippen LogP contribution is -2.38. The van der Waals surface area contributed by atoms with Crippen LogP contribution in [0.3, 0.4) is 0 Å². The molecule has 1 aromatic rings. The smallest absolute Gasteiger partial charge is 0.345 e. The van der Waals surface area contributed by atoms with Gasteiger partial charge in [0.15, 0.2) is 0 Å². The Bertz CT molecular complexity index is 441. The molecule has 5 heteroatoms. The number of amides is 1. The molecule has 0 aromatic carbocycles. The molecule has 1 saturated heterocycles. The molecule has 1 unspecified atom stereocenters. The number of carboxylic acids is 1. The first kappa shape index (κ1) is 12.1. The standard InChI is InChI=1S/C12H15NO3S/c1-8-3-2-6-13(7-8)11(14)9-4-5-10(17-9)12(15)16/h4-5,8H,2-3,6-7H2,1H3,(H,15,16). The van der Waals surface area contributed by atoms with Gasteiger partial charge in [-0.1, -0.05) is 6.92 Å². The predicted molar refractivity (Wildman–Crippen MR) is 65.6 cm³/mol. The Hall–Kier alpha value is -1.36. The third-order valence-corrected chi connectivity index (χ3v) is 4.03. The first-order valence-electron chi connectivity index (χ1n) is 5.70. The molecule has 1 aliphatic heterocycles. The number of aromatic carboxylic acids is 1. The molecule has 2 heterocycles. The number of rotatable bonds is 2. The second-order valence-corrected chi connectivity index (χ2v) is 5.55. The lowest BCUT2D eigenvalue weighted by Gasteiger charge is -2.30. The van der Waals surface area contributed by atoms with Crippen LogP contribution in [0.5, 0.6) is 0 Å². The average Bonchev–Trinajstić information content (AvgIpc) is 2.77. The minimum Gasteiger partial charge on any atom is -0.477 e. The maximum atomic E-state index is 12.1. The minimum absolute atomic E-state index is 0.0333. The van der Waals surface area contributed by atoms with E-state index in [1.165, 1.54) is 6.07 Å². The van der Waals surface area contributed by atoms with Crippen LogP contribution in [0.2, 0.25) is 0 Å². The molecule has 0 spiro atoms. The van der Waals surface area contributed by atoms with E-state index in [1.54, 1.807) is 6.07 Å². The van der Waals surface area contributed by atoms with Crippen LogP contribution in [0.4, 0.5) is 0 Å². The fraction of sp³-hybridized carbons (Fsp3) is 0.500. The molecule has 17 heavy (non-hydrogen) atoms. The summed E-state index contributed by atoms with van der Waals surface area (Å²) in [4.78, 5) is 25.4. The lowest BCUT2D eigenvalue weighted by molar-refractivity contribution is 0.0685. The molecule has 2 rings (SSSR count). The quantitative estimate of drug-likeness (QED) is 0.880. The van der Waals surface area contributed by atoms with Crippen LogP contribution in [-0.2, 0) is 0 Å². The number of carbonyl (C=O) groups excluding carboxylic acids is 1. The van der Waals surface area contributed by atoms with E-state index in [4.69, 9.17) is 5.11 Å². The SMILES string of the molecule is CC1CCCN(C(=O)c2ccc(C(=O)O)s2)C1. The van der Waals surface area contributed by atoms with Crippen molar-refractivity contribution in [3.63, 3.8) is 0 Å². The van der Waals surface area contributed by atoms with Gasteiger partial charge in [0.05, 0.1) is 4.88 Å². The molecular weight excluding hydrogens is 238 g/mol. The summed E-state index contributed by atoms with van der Waals surface area (Å²) in [6.45, 7) is 3.69. The van der Waals surface area contributed by atoms with Gasteiger partial charge in [0.25, 0.3) is 5.91 Å². The summed E-state index contributed by atoms with van der Waals surface area (Å²) < 4.78 is 0. The van der Waals surface area contributed by atoms with E-state index < -0.39 is 5.97 Å². The summed E-state index contributed by atoms with van der Waals surface area (Å²) >= 11 is 1.05. The highest BCUT2D eigenvalue weighted by atomic mass is 32.1. The van der Waals surface area contributed by atoms with E-state index >= 15 is 0 Å². The highest BCUT2D eigenvalue weighted by molar-refractivity contribution is 7.15. The Labute approximate surface area is 104 Å². The molecule has 1 atom stereocenters. The lowest BCUT2D eigenvalue weighted by atomic mass is 10.0. The van der Waals surface area contributed by atoms with Crippen LogP contribution in [0, 0.1) is 5.92 Å². The van der Waals surface area contributed by atoms with Crippen molar-refractivity contribution in [3.8, 4) is 0 Å². The van der Waals surface area contributed by atoms with Crippen molar-refractivity contribution in [3.05, 3.63) is 21.9 Å². The molecule has 1 fully saturated rings. The molecular formula is C12H15NO3S. The van der Waals surface area contributed by atoms with Gasteiger partial charge in [-0.05, 0) is 30.9 Å². The van der Waals surface area contributed by atoms with Crippen molar-refractivity contribution in [1.29, 1.82) is 0 Å². The van der Waals surface area contributed by atoms with Gasteiger partial charge in [-0.2, -0.15) is 0 Å². The fourth-order valence-electron chi connectivity index (χ4n) is 2.10. The molecule has 4 nitrogen and oxygen atoms in total. The Morgan fingerprint density at radius 3 is 2.71 bits per heavy atom.